The van der Waals surface area contributed by atoms with Gasteiger partial charge in [0.25, 0.3) is 0 Å². The first-order valence-corrected chi connectivity index (χ1v) is 20.0. The van der Waals surface area contributed by atoms with Gasteiger partial charge in [0.1, 0.15) is 22.3 Å². The number of anilines is 3. The number of hydrogen-bond donors (Lipinski definition) is 0. The quantitative estimate of drug-likeness (QED) is 0.176. The van der Waals surface area contributed by atoms with E-state index in [9.17, 15) is 0 Å². The van der Waals surface area contributed by atoms with Gasteiger partial charge in [-0.05, 0) is 111 Å². The molecule has 9 aromatic carbocycles. The topological polar surface area (TPSA) is 29.5 Å². The largest absolute Gasteiger partial charge is 0.456 e. The predicted octanol–water partition coefficient (Wildman–Crippen LogP) is 15.7. The van der Waals surface area contributed by atoms with Crippen molar-refractivity contribution in [3.05, 3.63) is 199 Å². The summed E-state index contributed by atoms with van der Waals surface area (Å²) >= 11 is 0. The number of para-hydroxylation sites is 1. The second-order valence-corrected chi connectivity index (χ2v) is 16.1. The number of hydrogen-bond acceptors (Lipinski definition) is 3. The molecular formula is C55H37NO2. The summed E-state index contributed by atoms with van der Waals surface area (Å²) in [6.45, 7) is 4.68. The third-order valence-corrected chi connectivity index (χ3v) is 12.5. The van der Waals surface area contributed by atoms with Gasteiger partial charge in [-0.15, -0.1) is 0 Å². The van der Waals surface area contributed by atoms with Crippen molar-refractivity contribution < 1.29 is 8.83 Å². The predicted molar refractivity (Wildman–Crippen MR) is 242 cm³/mol. The van der Waals surface area contributed by atoms with Crippen molar-refractivity contribution in [2.75, 3.05) is 4.90 Å². The van der Waals surface area contributed by atoms with Crippen molar-refractivity contribution in [1.29, 1.82) is 0 Å². The minimum atomic E-state index is -0.125. The maximum atomic E-state index is 6.67. The molecule has 0 saturated heterocycles. The fourth-order valence-electron chi connectivity index (χ4n) is 9.57. The van der Waals surface area contributed by atoms with Crippen LogP contribution < -0.4 is 4.90 Å². The fraction of sp³-hybridized carbons (Fsp3) is 0.0545. The Labute approximate surface area is 336 Å². The van der Waals surface area contributed by atoms with E-state index in [-0.39, 0.29) is 5.41 Å². The molecule has 0 unspecified atom stereocenters. The van der Waals surface area contributed by atoms with Crippen molar-refractivity contribution in [2.45, 2.75) is 19.3 Å². The number of fused-ring (bicyclic) bond motifs is 11. The molecule has 0 amide bonds. The van der Waals surface area contributed by atoms with Crippen molar-refractivity contribution >= 4 is 71.7 Å². The summed E-state index contributed by atoms with van der Waals surface area (Å²) in [7, 11) is 0. The summed E-state index contributed by atoms with van der Waals surface area (Å²) in [6, 6.07) is 67.7. The Balaban J connectivity index is 1.01. The molecule has 0 N–H and O–H groups in total. The van der Waals surface area contributed by atoms with Crippen molar-refractivity contribution in [3.8, 4) is 33.4 Å². The molecule has 0 saturated carbocycles. The standard InChI is InChI=1S/C55H37NO2/c1-55(2)49-18-10-8-15-41(49)42-28-25-38(31-50(42)55)56(39-26-29-44-43-16-9-11-19-51(43)57-53(44)32-39)37-23-20-35(21-24-37)47-33-48-45-27-22-36(34-12-4-3-5-13-34)30-52(45)58-54(48)46-17-7-6-14-40(46)47/h3-33H,1-2H3. The van der Waals surface area contributed by atoms with E-state index in [1.54, 1.807) is 0 Å². The SMILES string of the molecule is CC1(C)c2ccccc2-c2ccc(N(c3ccc(-c4cc5c6ccc(-c7ccccc7)cc6oc5c5ccccc45)cc3)c3ccc4c(c3)oc3ccccc34)cc21. The highest BCUT2D eigenvalue weighted by atomic mass is 16.3. The second-order valence-electron chi connectivity index (χ2n) is 16.1. The van der Waals surface area contributed by atoms with E-state index in [2.05, 4.69) is 195 Å². The van der Waals surface area contributed by atoms with Crippen molar-refractivity contribution in [3.63, 3.8) is 0 Å². The maximum Gasteiger partial charge on any atom is 0.143 e. The van der Waals surface area contributed by atoms with Gasteiger partial charge in [0.2, 0.25) is 0 Å². The molecule has 0 aliphatic heterocycles. The third-order valence-electron chi connectivity index (χ3n) is 12.5. The van der Waals surface area contributed by atoms with Crippen LogP contribution in [0.15, 0.2) is 197 Å². The molecule has 0 bridgehead atoms. The Morgan fingerprint density at radius 2 is 0.948 bits per heavy atom. The van der Waals surface area contributed by atoms with Crippen LogP contribution in [0.3, 0.4) is 0 Å². The zero-order chi connectivity index (χ0) is 38.5. The number of furan rings is 2. The average molecular weight is 744 g/mol. The molecule has 0 fully saturated rings. The van der Waals surface area contributed by atoms with E-state index >= 15 is 0 Å². The van der Waals surface area contributed by atoms with E-state index in [0.717, 1.165) is 82.8 Å². The number of rotatable bonds is 5. The van der Waals surface area contributed by atoms with Crippen LogP contribution in [0.4, 0.5) is 17.1 Å². The molecule has 2 aromatic heterocycles. The van der Waals surface area contributed by atoms with Crippen LogP contribution in [-0.4, -0.2) is 0 Å². The third kappa shape index (κ3) is 4.86. The fourth-order valence-corrected chi connectivity index (χ4v) is 9.57. The Bertz CT molecular complexity index is 3420. The lowest BCUT2D eigenvalue weighted by Crippen LogP contribution is -2.16. The summed E-state index contributed by atoms with van der Waals surface area (Å²) in [5, 5.41) is 6.76. The normalized spacial score (nSPS) is 13.1. The van der Waals surface area contributed by atoms with Crippen molar-refractivity contribution in [2.24, 2.45) is 0 Å². The van der Waals surface area contributed by atoms with Crippen LogP contribution in [0, 0.1) is 0 Å². The minimum Gasteiger partial charge on any atom is -0.456 e. The molecule has 11 aromatic rings. The highest BCUT2D eigenvalue weighted by Gasteiger charge is 2.35. The van der Waals surface area contributed by atoms with Gasteiger partial charge in [0.05, 0.1) is 0 Å². The lowest BCUT2D eigenvalue weighted by Gasteiger charge is -2.28. The molecule has 12 rings (SSSR count). The Kier molecular flexibility index (Phi) is 6.98. The second kappa shape index (κ2) is 12.3. The summed E-state index contributed by atoms with van der Waals surface area (Å²) in [5.74, 6) is 0. The molecule has 3 nitrogen and oxygen atoms in total. The van der Waals surface area contributed by atoms with Crippen LogP contribution in [0.5, 0.6) is 0 Å². The lowest BCUT2D eigenvalue weighted by molar-refractivity contribution is 0.660. The van der Waals surface area contributed by atoms with Gasteiger partial charge >= 0.3 is 0 Å². The Morgan fingerprint density at radius 1 is 0.345 bits per heavy atom. The highest BCUT2D eigenvalue weighted by Crippen LogP contribution is 2.51. The monoisotopic (exact) mass is 743 g/mol. The number of benzene rings is 9. The van der Waals surface area contributed by atoms with Gasteiger partial charge in [-0.2, -0.15) is 0 Å². The molecule has 3 heteroatoms. The van der Waals surface area contributed by atoms with E-state index in [4.69, 9.17) is 8.83 Å². The molecular weight excluding hydrogens is 707 g/mol. The maximum absolute atomic E-state index is 6.67. The van der Waals surface area contributed by atoms with Gasteiger partial charge in [-0.25, -0.2) is 0 Å². The summed E-state index contributed by atoms with van der Waals surface area (Å²) < 4.78 is 13.1. The Morgan fingerprint density at radius 3 is 1.81 bits per heavy atom. The first-order valence-electron chi connectivity index (χ1n) is 20.0. The molecule has 2 heterocycles. The first kappa shape index (κ1) is 32.8. The first-order chi connectivity index (χ1) is 28.5. The summed E-state index contributed by atoms with van der Waals surface area (Å²) in [4.78, 5) is 2.37. The van der Waals surface area contributed by atoms with Gasteiger partial charge in [0, 0.05) is 55.5 Å². The van der Waals surface area contributed by atoms with Gasteiger partial charge < -0.3 is 13.7 Å². The molecule has 274 valence electrons. The van der Waals surface area contributed by atoms with Crippen molar-refractivity contribution in [1.82, 2.24) is 0 Å². The molecule has 0 atom stereocenters. The van der Waals surface area contributed by atoms with Gasteiger partial charge in [-0.1, -0.05) is 135 Å². The minimum absolute atomic E-state index is 0.125. The van der Waals surface area contributed by atoms with Crippen LogP contribution in [0.2, 0.25) is 0 Å². The summed E-state index contributed by atoms with van der Waals surface area (Å²) in [5.41, 5.74) is 16.7. The van der Waals surface area contributed by atoms with Crippen LogP contribution in [0.25, 0.3) is 88.0 Å². The van der Waals surface area contributed by atoms with E-state index < -0.39 is 0 Å². The van der Waals surface area contributed by atoms with E-state index in [0.29, 0.717) is 0 Å². The Hall–Kier alpha value is -7.36. The molecule has 0 spiro atoms. The molecule has 0 radical (unpaired) electrons. The van der Waals surface area contributed by atoms with Gasteiger partial charge in [0.15, 0.2) is 0 Å². The van der Waals surface area contributed by atoms with Crippen LogP contribution in [-0.2, 0) is 5.41 Å². The van der Waals surface area contributed by atoms with Crippen LogP contribution in [0.1, 0.15) is 25.0 Å². The zero-order valence-electron chi connectivity index (χ0n) is 32.2. The highest BCUT2D eigenvalue weighted by molar-refractivity contribution is 6.19. The molecule has 1 aliphatic carbocycles. The summed E-state index contributed by atoms with van der Waals surface area (Å²) in [6.07, 6.45) is 0. The zero-order valence-corrected chi connectivity index (χ0v) is 32.2. The number of nitrogens with zero attached hydrogens (tertiary/aromatic N) is 1. The van der Waals surface area contributed by atoms with E-state index in [1.165, 1.54) is 33.4 Å². The van der Waals surface area contributed by atoms with Crippen LogP contribution >= 0.6 is 0 Å². The smallest absolute Gasteiger partial charge is 0.143 e. The average Bonchev–Trinajstić information content (AvgIpc) is 3.91. The molecule has 58 heavy (non-hydrogen) atoms. The molecule has 1 aliphatic rings. The van der Waals surface area contributed by atoms with Gasteiger partial charge in [-0.3, -0.25) is 0 Å². The van der Waals surface area contributed by atoms with E-state index in [1.807, 2.05) is 12.1 Å². The lowest BCUT2D eigenvalue weighted by atomic mass is 9.82.